The number of ketones is 1. The van der Waals surface area contributed by atoms with Crippen molar-refractivity contribution in [3.63, 3.8) is 0 Å². The quantitative estimate of drug-likeness (QED) is 0.264. The van der Waals surface area contributed by atoms with Crippen LogP contribution in [0.25, 0.3) is 5.76 Å². The van der Waals surface area contributed by atoms with Crippen LogP contribution in [0.1, 0.15) is 37.4 Å². The lowest BCUT2D eigenvalue weighted by atomic mass is 9.95. The molecule has 7 nitrogen and oxygen atoms in total. The van der Waals surface area contributed by atoms with E-state index in [2.05, 4.69) is 0 Å². The zero-order chi connectivity index (χ0) is 24.1. The predicted molar refractivity (Wildman–Crippen MR) is 121 cm³/mol. The molecule has 3 rings (SSSR count). The number of ether oxygens (including phenoxy) is 3. The van der Waals surface area contributed by atoms with Crippen molar-refractivity contribution in [1.29, 1.82) is 0 Å². The van der Waals surface area contributed by atoms with Crippen LogP contribution in [0.3, 0.4) is 0 Å². The average Bonchev–Trinajstić information content (AvgIpc) is 3.06. The van der Waals surface area contributed by atoms with Crippen LogP contribution >= 0.6 is 0 Å². The predicted octanol–water partition coefficient (Wildman–Crippen LogP) is 4.08. The zero-order valence-electron chi connectivity index (χ0n) is 19.1. The monoisotopic (exact) mass is 457 g/mol. The average molecular weight is 457 g/mol. The topological polar surface area (TPSA) is 85.3 Å². The van der Waals surface area contributed by atoms with E-state index in [0.717, 1.165) is 6.07 Å². The molecule has 33 heavy (non-hydrogen) atoms. The van der Waals surface area contributed by atoms with Crippen molar-refractivity contribution in [2.45, 2.75) is 32.4 Å². The molecule has 0 aliphatic carbocycles. The highest BCUT2D eigenvalue weighted by molar-refractivity contribution is 6.46. The smallest absolute Gasteiger partial charge is 0.295 e. The van der Waals surface area contributed by atoms with Gasteiger partial charge in [-0.1, -0.05) is 12.1 Å². The van der Waals surface area contributed by atoms with E-state index in [9.17, 15) is 19.1 Å². The maximum absolute atomic E-state index is 14.0. The Morgan fingerprint density at radius 2 is 1.79 bits per heavy atom. The van der Waals surface area contributed by atoms with E-state index >= 15 is 0 Å². The summed E-state index contributed by atoms with van der Waals surface area (Å²) in [6.45, 7) is 4.48. The Balaban J connectivity index is 2.09. The van der Waals surface area contributed by atoms with E-state index in [-0.39, 0.29) is 29.5 Å². The van der Waals surface area contributed by atoms with Gasteiger partial charge in [0.2, 0.25) is 0 Å². The number of halogens is 1. The summed E-state index contributed by atoms with van der Waals surface area (Å²) in [6.07, 6.45) is 0.541. The van der Waals surface area contributed by atoms with E-state index in [1.54, 1.807) is 24.3 Å². The van der Waals surface area contributed by atoms with Crippen molar-refractivity contribution < 1.29 is 33.3 Å². The summed E-state index contributed by atoms with van der Waals surface area (Å²) in [4.78, 5) is 27.4. The van der Waals surface area contributed by atoms with Crippen molar-refractivity contribution in [1.82, 2.24) is 4.90 Å². The number of carbonyl (C=O) groups excluding carboxylic acids is 2. The van der Waals surface area contributed by atoms with E-state index in [4.69, 9.17) is 14.2 Å². The minimum absolute atomic E-state index is 0.00264. The standard InChI is InChI=1S/C25H28FNO6/c1-15(2)33-13-5-12-27-22(16-6-9-18(31-3)10-7-16)21(24(29)25(27)30)23(28)19-14-17(26)8-11-20(19)32-4/h6-11,14-15,22,28H,5,12-13H2,1-4H3/b23-21+. The fraction of sp³-hybridized carbons (Fsp3) is 0.360. The van der Waals surface area contributed by atoms with E-state index in [0.29, 0.717) is 24.3 Å². The molecule has 0 spiro atoms. The number of likely N-dealkylation sites (tertiary alicyclic amines) is 1. The zero-order valence-corrected chi connectivity index (χ0v) is 19.1. The van der Waals surface area contributed by atoms with Crippen LogP contribution < -0.4 is 9.47 Å². The van der Waals surface area contributed by atoms with Crippen LogP contribution in [0.4, 0.5) is 4.39 Å². The van der Waals surface area contributed by atoms with Crippen molar-refractivity contribution in [3.8, 4) is 11.5 Å². The third-order valence-electron chi connectivity index (χ3n) is 5.38. The summed E-state index contributed by atoms with van der Waals surface area (Å²) in [5.41, 5.74) is 0.479. The van der Waals surface area contributed by atoms with Crippen LogP contribution in [-0.4, -0.2) is 55.2 Å². The van der Waals surface area contributed by atoms with Gasteiger partial charge in [0.1, 0.15) is 23.1 Å². The van der Waals surface area contributed by atoms with Crippen molar-refractivity contribution in [2.75, 3.05) is 27.4 Å². The van der Waals surface area contributed by atoms with Crippen molar-refractivity contribution in [2.24, 2.45) is 0 Å². The normalized spacial score (nSPS) is 17.6. The summed E-state index contributed by atoms with van der Waals surface area (Å²) < 4.78 is 30.0. The molecular formula is C25H28FNO6. The molecule has 2 aromatic rings. The number of benzene rings is 2. The lowest BCUT2D eigenvalue weighted by Gasteiger charge is -2.25. The van der Waals surface area contributed by atoms with Gasteiger partial charge >= 0.3 is 0 Å². The Kier molecular flexibility index (Phi) is 7.71. The van der Waals surface area contributed by atoms with Crippen LogP contribution in [0.2, 0.25) is 0 Å². The Morgan fingerprint density at radius 1 is 1.09 bits per heavy atom. The van der Waals surface area contributed by atoms with Crippen LogP contribution in [0.15, 0.2) is 48.0 Å². The number of nitrogens with zero attached hydrogens (tertiary/aromatic N) is 1. The van der Waals surface area contributed by atoms with Gasteiger partial charge in [0.05, 0.1) is 37.5 Å². The fourth-order valence-electron chi connectivity index (χ4n) is 3.81. The first-order valence-corrected chi connectivity index (χ1v) is 10.7. The molecule has 1 N–H and O–H groups in total. The molecule has 1 aliphatic heterocycles. The van der Waals surface area contributed by atoms with Crippen LogP contribution in [-0.2, 0) is 14.3 Å². The SMILES string of the molecule is COc1ccc(C2/C(=C(\O)c3cc(F)ccc3OC)C(=O)C(=O)N2CCCOC(C)C)cc1. The number of hydrogen-bond donors (Lipinski definition) is 1. The second kappa shape index (κ2) is 10.5. The first kappa shape index (κ1) is 24.3. The van der Waals surface area contributed by atoms with E-state index in [1.165, 1.54) is 31.3 Å². The van der Waals surface area contributed by atoms with E-state index in [1.807, 2.05) is 13.8 Å². The maximum atomic E-state index is 14.0. The number of aliphatic hydroxyl groups is 1. The molecule has 1 atom stereocenters. The minimum atomic E-state index is -0.858. The molecule has 8 heteroatoms. The van der Waals surface area contributed by atoms with Gasteiger partial charge in [-0.15, -0.1) is 0 Å². The summed E-state index contributed by atoms with van der Waals surface area (Å²) in [7, 11) is 2.91. The molecule has 1 saturated heterocycles. The molecule has 1 fully saturated rings. The Morgan fingerprint density at radius 3 is 2.39 bits per heavy atom. The summed E-state index contributed by atoms with van der Waals surface area (Å²) in [5, 5.41) is 11.1. The highest BCUT2D eigenvalue weighted by Crippen LogP contribution is 2.41. The fourth-order valence-corrected chi connectivity index (χ4v) is 3.81. The summed E-state index contributed by atoms with van der Waals surface area (Å²) >= 11 is 0. The third-order valence-corrected chi connectivity index (χ3v) is 5.38. The molecule has 0 aromatic heterocycles. The Labute approximate surface area is 192 Å². The first-order valence-electron chi connectivity index (χ1n) is 10.7. The lowest BCUT2D eigenvalue weighted by Crippen LogP contribution is -2.31. The molecule has 1 unspecified atom stereocenters. The maximum Gasteiger partial charge on any atom is 0.295 e. The molecule has 176 valence electrons. The second-order valence-corrected chi connectivity index (χ2v) is 7.88. The molecule has 0 saturated carbocycles. The van der Waals surface area contributed by atoms with Crippen molar-refractivity contribution >= 4 is 17.4 Å². The van der Waals surface area contributed by atoms with Gasteiger partial charge in [-0.25, -0.2) is 4.39 Å². The number of aliphatic hydroxyl groups excluding tert-OH is 1. The van der Waals surface area contributed by atoms with E-state index < -0.39 is 29.3 Å². The van der Waals surface area contributed by atoms with Gasteiger partial charge in [-0.05, 0) is 56.2 Å². The number of methoxy groups -OCH3 is 2. The van der Waals surface area contributed by atoms with Crippen LogP contribution in [0.5, 0.6) is 11.5 Å². The Bertz CT molecular complexity index is 1050. The van der Waals surface area contributed by atoms with Gasteiger partial charge < -0.3 is 24.2 Å². The van der Waals surface area contributed by atoms with Gasteiger partial charge in [0.25, 0.3) is 11.7 Å². The molecule has 2 aromatic carbocycles. The number of amides is 1. The number of hydrogen-bond acceptors (Lipinski definition) is 6. The van der Waals surface area contributed by atoms with Gasteiger partial charge in [0, 0.05) is 13.2 Å². The second-order valence-electron chi connectivity index (χ2n) is 7.88. The van der Waals surface area contributed by atoms with Gasteiger partial charge in [-0.2, -0.15) is 0 Å². The van der Waals surface area contributed by atoms with Crippen LogP contribution in [0, 0.1) is 5.82 Å². The number of rotatable bonds is 9. The van der Waals surface area contributed by atoms with Gasteiger partial charge in [0.15, 0.2) is 0 Å². The highest BCUT2D eigenvalue weighted by atomic mass is 19.1. The third kappa shape index (κ3) is 5.17. The molecule has 1 heterocycles. The van der Waals surface area contributed by atoms with Gasteiger partial charge in [-0.3, -0.25) is 9.59 Å². The summed E-state index contributed by atoms with van der Waals surface area (Å²) in [6, 6.07) is 9.62. The molecule has 0 bridgehead atoms. The van der Waals surface area contributed by atoms with Crippen molar-refractivity contribution in [3.05, 3.63) is 65.0 Å². The minimum Gasteiger partial charge on any atom is -0.507 e. The summed E-state index contributed by atoms with van der Waals surface area (Å²) in [5.74, 6) is -1.90. The first-order chi connectivity index (χ1) is 15.8. The number of carbonyl (C=O) groups is 2. The molecule has 1 amide bonds. The Hall–Kier alpha value is -3.39. The highest BCUT2D eigenvalue weighted by Gasteiger charge is 2.46. The molecular weight excluding hydrogens is 429 g/mol. The molecule has 0 radical (unpaired) electrons. The molecule has 1 aliphatic rings. The lowest BCUT2D eigenvalue weighted by molar-refractivity contribution is -0.140. The largest absolute Gasteiger partial charge is 0.507 e. The number of Topliss-reactive ketones (excluding diaryl/α,β-unsaturated/α-hetero) is 1.